The summed E-state index contributed by atoms with van der Waals surface area (Å²) in [5.74, 6) is 0. The first-order valence-electron chi connectivity index (χ1n) is 0. The summed E-state index contributed by atoms with van der Waals surface area (Å²) >= 11 is 0. The van der Waals surface area contributed by atoms with Crippen LogP contribution in [0.3, 0.4) is 0 Å². The monoisotopic (exact) mass is 274 g/mol. The van der Waals surface area contributed by atoms with Gasteiger partial charge in [-0.3, -0.25) is 0 Å². The van der Waals surface area contributed by atoms with E-state index in [0.29, 0.717) is 0 Å². The van der Waals surface area contributed by atoms with Gasteiger partial charge in [-0.2, -0.15) is 0 Å². The van der Waals surface area contributed by atoms with Crippen molar-refractivity contribution < 1.29 is 138 Å². The van der Waals surface area contributed by atoms with Crippen molar-refractivity contribution in [3.8, 4) is 0 Å². The van der Waals surface area contributed by atoms with Crippen molar-refractivity contribution in [2.45, 2.75) is 0 Å². The second kappa shape index (κ2) is 52.6. The van der Waals surface area contributed by atoms with Crippen LogP contribution in [0.2, 0.25) is 0 Å². The summed E-state index contributed by atoms with van der Waals surface area (Å²) in [6, 6.07) is 0. The van der Waals surface area contributed by atoms with E-state index in [1.54, 1.807) is 0 Å². The topological polar surface area (TPSA) is 126 Å². The summed E-state index contributed by atoms with van der Waals surface area (Å²) < 4.78 is 0. The van der Waals surface area contributed by atoms with E-state index in [9.17, 15) is 0 Å². The van der Waals surface area contributed by atoms with Crippen LogP contribution >= 0.6 is 0 Å². The number of hydrogen-bond donors (Lipinski definition) is 0. The maximum absolute atomic E-state index is 0. The molecule has 0 saturated heterocycles. The quantitative estimate of drug-likeness (QED) is 0.416. The van der Waals surface area contributed by atoms with E-state index in [4.69, 9.17) is 0 Å². The van der Waals surface area contributed by atoms with Gasteiger partial charge in [-0.25, -0.2) is 0 Å². The third-order valence-electron chi connectivity index (χ3n) is 0. The first kappa shape index (κ1) is 71.8. The van der Waals surface area contributed by atoms with Gasteiger partial charge >= 0.3 is 116 Å². The Balaban J connectivity index is 0. The summed E-state index contributed by atoms with van der Waals surface area (Å²) in [6.07, 6.45) is 0. The van der Waals surface area contributed by atoms with Crippen molar-refractivity contribution in [1.82, 2.24) is 0 Å². The van der Waals surface area contributed by atoms with Gasteiger partial charge in [0.1, 0.15) is 0 Å². The average molecular weight is 275 g/mol. The van der Waals surface area contributed by atoms with Crippen molar-refractivity contribution in [3.05, 3.63) is 0 Å². The minimum Gasteiger partial charge on any atom is -2.00 e. The summed E-state index contributed by atoms with van der Waals surface area (Å²) in [5.41, 5.74) is 0. The van der Waals surface area contributed by atoms with Crippen LogP contribution in [-0.2, 0) is 13.5 Å². The molecule has 0 bridgehead atoms. The Morgan fingerprint density at radius 1 is 0.429 bits per heavy atom. The molecule has 0 unspecified atom stereocenters. The summed E-state index contributed by atoms with van der Waals surface area (Å²) in [5, 5.41) is 0. The molecule has 0 spiro atoms. The molecule has 0 radical (unpaired) electrons. The third-order valence-corrected chi connectivity index (χ3v) is 0. The van der Waals surface area contributed by atoms with Crippen LogP contribution in [0.4, 0.5) is 0 Å². The van der Waals surface area contributed by atoms with Crippen LogP contribution in [0.25, 0.3) is 0 Å². The molecule has 0 rings (SSSR count). The summed E-state index contributed by atoms with van der Waals surface area (Å²) in [6.45, 7) is 0. The zero-order valence-electron chi connectivity index (χ0n) is 4.41. The molecule has 4 nitrogen and oxygen atoms in total. The average Bonchev–Trinajstić information content (AvgIpc) is 0. The second-order valence-electron chi connectivity index (χ2n) is 0. The van der Waals surface area contributed by atoms with Crippen molar-refractivity contribution in [2.75, 3.05) is 0 Å². The van der Waals surface area contributed by atoms with Gasteiger partial charge in [0.15, 0.2) is 0 Å². The standard InChI is InChI=1S/4H2O.2Rb.S/h4*1H2;;;/q;;;;2*+1;-2. The van der Waals surface area contributed by atoms with Gasteiger partial charge in [-0.1, -0.05) is 0 Å². The van der Waals surface area contributed by atoms with Crippen molar-refractivity contribution in [1.29, 1.82) is 0 Å². The SMILES string of the molecule is O.O.O.O.[Rb+].[Rb+].[S-2]. The van der Waals surface area contributed by atoms with E-state index in [1.807, 2.05) is 0 Å². The molecule has 7 heavy (non-hydrogen) atoms. The molecule has 0 aliphatic rings. The predicted octanol–water partition coefficient (Wildman–Crippen LogP) is -9.29. The minimum atomic E-state index is 0. The van der Waals surface area contributed by atoms with Crippen LogP contribution in [0.5, 0.6) is 0 Å². The molecule has 0 aromatic rings. The summed E-state index contributed by atoms with van der Waals surface area (Å²) in [4.78, 5) is 0. The molecule has 0 saturated carbocycles. The smallest absolute Gasteiger partial charge is 1.00 e. The van der Waals surface area contributed by atoms with Gasteiger partial charge in [0.05, 0.1) is 0 Å². The van der Waals surface area contributed by atoms with Gasteiger partial charge in [0.25, 0.3) is 0 Å². The first-order valence-corrected chi connectivity index (χ1v) is 0. The van der Waals surface area contributed by atoms with Gasteiger partial charge in [0, 0.05) is 0 Å². The zero-order chi connectivity index (χ0) is 0. The van der Waals surface area contributed by atoms with E-state index in [2.05, 4.69) is 0 Å². The molecular formula is H8O4Rb2S. The zero-order valence-corrected chi connectivity index (χ0v) is 15.1. The molecule has 7 heteroatoms. The Kier molecular flexibility index (Phi) is 539. The number of rotatable bonds is 0. The maximum atomic E-state index is 0. The van der Waals surface area contributed by atoms with E-state index in [1.165, 1.54) is 0 Å². The largest absolute Gasteiger partial charge is 2.00 e. The third kappa shape index (κ3) is 41.3. The maximum Gasteiger partial charge on any atom is 1.00 e. The fourth-order valence-electron chi connectivity index (χ4n) is 0. The Hall–Kier alpha value is 3.80. The normalized spacial score (nSPS) is 0. The molecule has 0 atom stereocenters. The van der Waals surface area contributed by atoms with Gasteiger partial charge < -0.3 is 35.4 Å². The van der Waals surface area contributed by atoms with Gasteiger partial charge in [-0.15, -0.1) is 0 Å². The van der Waals surface area contributed by atoms with E-state index >= 15 is 0 Å². The van der Waals surface area contributed by atoms with Crippen LogP contribution in [0, 0.1) is 0 Å². The molecular weight excluding hydrogens is 267 g/mol. The molecule has 8 N–H and O–H groups in total. The fraction of sp³-hybridized carbons (Fsp3) is 0. The van der Waals surface area contributed by atoms with Crippen molar-refractivity contribution in [3.63, 3.8) is 0 Å². The second-order valence-corrected chi connectivity index (χ2v) is 0. The Labute approximate surface area is 147 Å². The minimum absolute atomic E-state index is 0. The molecule has 0 aliphatic heterocycles. The van der Waals surface area contributed by atoms with Crippen molar-refractivity contribution >= 4 is 13.5 Å². The van der Waals surface area contributed by atoms with Crippen LogP contribution in [0.15, 0.2) is 0 Å². The predicted molar refractivity (Wildman–Crippen MR) is 21.8 cm³/mol. The Morgan fingerprint density at radius 2 is 0.429 bits per heavy atom. The molecule has 0 heterocycles. The Bertz CT molecular complexity index is 9.65. The summed E-state index contributed by atoms with van der Waals surface area (Å²) in [7, 11) is 0. The van der Waals surface area contributed by atoms with Crippen LogP contribution in [-0.4, -0.2) is 21.9 Å². The Morgan fingerprint density at radius 3 is 0.429 bits per heavy atom. The van der Waals surface area contributed by atoms with Gasteiger partial charge in [-0.05, 0) is 0 Å². The van der Waals surface area contributed by atoms with Crippen molar-refractivity contribution in [2.24, 2.45) is 0 Å². The van der Waals surface area contributed by atoms with E-state index in [-0.39, 0.29) is 152 Å². The number of hydrogen-bond acceptors (Lipinski definition) is 0. The van der Waals surface area contributed by atoms with E-state index in [0.717, 1.165) is 0 Å². The first-order chi connectivity index (χ1) is 0. The van der Waals surface area contributed by atoms with Crippen LogP contribution in [0.1, 0.15) is 0 Å². The van der Waals surface area contributed by atoms with Crippen LogP contribution < -0.4 is 116 Å². The molecule has 0 aromatic carbocycles. The fourth-order valence-corrected chi connectivity index (χ4v) is 0. The molecule has 40 valence electrons. The van der Waals surface area contributed by atoms with Gasteiger partial charge in [0.2, 0.25) is 0 Å². The van der Waals surface area contributed by atoms with E-state index < -0.39 is 0 Å². The molecule has 0 aliphatic carbocycles. The molecule has 0 aromatic heterocycles. The molecule has 0 amide bonds. The molecule has 0 fully saturated rings.